The summed E-state index contributed by atoms with van der Waals surface area (Å²) in [6.45, 7) is 6.13. The van der Waals surface area contributed by atoms with Crippen LogP contribution in [0.5, 0.6) is 0 Å². The largest absolute Gasteiger partial charge is 0.462 e. The third-order valence-corrected chi connectivity index (χ3v) is 9.82. The molecule has 0 aliphatic carbocycles. The van der Waals surface area contributed by atoms with Gasteiger partial charge in [-0.2, -0.15) is 0 Å². The zero-order valence-corrected chi connectivity index (χ0v) is 37.1. The van der Waals surface area contributed by atoms with Crippen LogP contribution in [0.1, 0.15) is 181 Å². The summed E-state index contributed by atoms with van der Waals surface area (Å²) in [4.78, 5) is 25.9. The van der Waals surface area contributed by atoms with Crippen molar-refractivity contribution in [3.05, 3.63) is 109 Å². The van der Waals surface area contributed by atoms with Gasteiger partial charge < -0.3 is 20.3 Å². The van der Waals surface area contributed by atoms with Crippen molar-refractivity contribution < 1.29 is 24.5 Å². The Morgan fingerprint density at radius 2 is 0.931 bits per heavy atom. The lowest BCUT2D eigenvalue weighted by atomic mass is 10.0. The molecule has 3 N–H and O–H groups in total. The second-order valence-corrected chi connectivity index (χ2v) is 15.3. The molecule has 0 aliphatic rings. The Bertz CT molecular complexity index is 1220. The molecule has 0 aromatic heterocycles. The molecular formula is C52H85NO5. The van der Waals surface area contributed by atoms with Crippen molar-refractivity contribution >= 4 is 11.9 Å². The summed E-state index contributed by atoms with van der Waals surface area (Å²) in [7, 11) is 0. The number of carbonyl (C=O) groups excluding carboxylic acids is 2. The van der Waals surface area contributed by atoms with Crippen LogP contribution in [-0.2, 0) is 14.3 Å². The van der Waals surface area contributed by atoms with Crippen LogP contribution >= 0.6 is 0 Å². The summed E-state index contributed by atoms with van der Waals surface area (Å²) >= 11 is 0. The van der Waals surface area contributed by atoms with Crippen LogP contribution in [0.15, 0.2) is 109 Å². The predicted molar refractivity (Wildman–Crippen MR) is 250 cm³/mol. The van der Waals surface area contributed by atoms with Crippen molar-refractivity contribution in [3.8, 4) is 0 Å². The summed E-state index contributed by atoms with van der Waals surface area (Å²) < 4.78 is 5.82. The van der Waals surface area contributed by atoms with Crippen molar-refractivity contribution in [1.29, 1.82) is 0 Å². The number of amides is 1. The topological polar surface area (TPSA) is 95.9 Å². The van der Waals surface area contributed by atoms with Crippen molar-refractivity contribution in [3.63, 3.8) is 0 Å². The van der Waals surface area contributed by atoms with Crippen LogP contribution in [0.4, 0.5) is 0 Å². The zero-order valence-electron chi connectivity index (χ0n) is 37.1. The molecule has 0 aliphatic heterocycles. The quantitative estimate of drug-likeness (QED) is 0.0327. The molecule has 328 valence electrons. The van der Waals surface area contributed by atoms with Gasteiger partial charge in [0.2, 0.25) is 5.91 Å². The minimum Gasteiger partial charge on any atom is -0.462 e. The van der Waals surface area contributed by atoms with Crippen molar-refractivity contribution in [2.75, 3.05) is 6.61 Å². The number of aliphatic hydroxyl groups is 2. The standard InChI is InChI=1S/C52H85NO5/c1-4-7-10-13-16-19-22-24-25-27-29-32-35-38-41-44-50(55)49(47-54)53-51(56)46-48(43-40-37-34-31-28-21-18-15-12-9-6-3)58-52(57)45-42-39-36-33-30-26-23-20-17-14-11-8-5-2/h8-9,11-12,14-15,17-18,20-21,23,26,28,30-31,33-34,36,48-50,54-55H,4-7,10,13,16,19,22,24-25,27,29,32,35,37-47H2,1-3H3,(H,53,56)/b11-8+,12-9+,17-14+,18-15+,23-20-,28-21-,30-26-,34-31-,36-33+. The fourth-order valence-corrected chi connectivity index (χ4v) is 6.36. The normalized spacial score (nSPS) is 14.4. The first-order chi connectivity index (χ1) is 28.5. The number of ether oxygens (including phenoxy) is 1. The van der Waals surface area contributed by atoms with Gasteiger partial charge in [-0.1, -0.05) is 226 Å². The molecule has 0 spiro atoms. The smallest absolute Gasteiger partial charge is 0.306 e. The molecule has 0 radical (unpaired) electrons. The highest BCUT2D eigenvalue weighted by Gasteiger charge is 2.23. The third-order valence-electron chi connectivity index (χ3n) is 9.82. The Morgan fingerprint density at radius 1 is 0.517 bits per heavy atom. The Hall–Kier alpha value is -3.48. The molecule has 6 heteroatoms. The molecule has 1 amide bonds. The molecular weight excluding hydrogens is 719 g/mol. The van der Waals surface area contributed by atoms with Crippen LogP contribution in [0.3, 0.4) is 0 Å². The summed E-state index contributed by atoms with van der Waals surface area (Å²) in [6, 6.07) is -0.743. The van der Waals surface area contributed by atoms with E-state index >= 15 is 0 Å². The molecule has 0 aromatic carbocycles. The van der Waals surface area contributed by atoms with Crippen LogP contribution in [0, 0.1) is 0 Å². The highest BCUT2D eigenvalue weighted by molar-refractivity contribution is 5.77. The number of nitrogens with one attached hydrogen (secondary N) is 1. The summed E-state index contributed by atoms with van der Waals surface area (Å²) in [6.07, 6.45) is 60.2. The van der Waals surface area contributed by atoms with E-state index in [1.807, 2.05) is 91.1 Å². The van der Waals surface area contributed by atoms with Gasteiger partial charge >= 0.3 is 5.97 Å². The number of hydrogen-bond acceptors (Lipinski definition) is 5. The molecule has 3 unspecified atom stereocenters. The fourth-order valence-electron chi connectivity index (χ4n) is 6.36. The van der Waals surface area contributed by atoms with Gasteiger partial charge in [0.1, 0.15) is 6.10 Å². The molecule has 0 bridgehead atoms. The van der Waals surface area contributed by atoms with Crippen LogP contribution in [0.2, 0.25) is 0 Å². The van der Waals surface area contributed by atoms with Gasteiger partial charge in [0.05, 0.1) is 25.2 Å². The van der Waals surface area contributed by atoms with Crippen molar-refractivity contribution in [1.82, 2.24) is 5.32 Å². The molecule has 6 nitrogen and oxygen atoms in total. The number of hydrogen-bond donors (Lipinski definition) is 3. The molecule has 3 atom stereocenters. The minimum absolute atomic E-state index is 0.00406. The number of carbonyl (C=O) groups is 2. The monoisotopic (exact) mass is 804 g/mol. The van der Waals surface area contributed by atoms with Gasteiger partial charge in [0.25, 0.3) is 0 Å². The van der Waals surface area contributed by atoms with E-state index in [1.54, 1.807) is 0 Å². The number of aliphatic hydroxyl groups excluding tert-OH is 2. The maximum absolute atomic E-state index is 13.1. The molecule has 0 saturated carbocycles. The zero-order chi connectivity index (χ0) is 42.4. The lowest BCUT2D eigenvalue weighted by Crippen LogP contribution is -2.46. The summed E-state index contributed by atoms with van der Waals surface area (Å²) in [5.41, 5.74) is 0. The van der Waals surface area contributed by atoms with Gasteiger partial charge in [0.15, 0.2) is 0 Å². The molecule has 58 heavy (non-hydrogen) atoms. The summed E-state index contributed by atoms with van der Waals surface area (Å²) in [5.74, 6) is -0.644. The summed E-state index contributed by atoms with van der Waals surface area (Å²) in [5, 5.41) is 23.6. The highest BCUT2D eigenvalue weighted by atomic mass is 16.5. The van der Waals surface area contributed by atoms with E-state index in [4.69, 9.17) is 4.74 Å². The number of rotatable bonds is 39. The maximum Gasteiger partial charge on any atom is 0.306 e. The van der Waals surface area contributed by atoms with Gasteiger partial charge in [-0.3, -0.25) is 9.59 Å². The molecule has 0 fully saturated rings. The van der Waals surface area contributed by atoms with Crippen LogP contribution in [0.25, 0.3) is 0 Å². The minimum atomic E-state index is -0.823. The lowest BCUT2D eigenvalue weighted by Gasteiger charge is -2.24. The van der Waals surface area contributed by atoms with E-state index in [0.29, 0.717) is 19.3 Å². The molecule has 0 heterocycles. The van der Waals surface area contributed by atoms with Gasteiger partial charge in [-0.05, 0) is 51.4 Å². The fraction of sp³-hybridized carbons (Fsp3) is 0.615. The Labute approximate surface area is 356 Å². The van der Waals surface area contributed by atoms with E-state index in [1.165, 1.54) is 77.0 Å². The van der Waals surface area contributed by atoms with Crippen molar-refractivity contribution in [2.45, 2.75) is 200 Å². The first kappa shape index (κ1) is 54.5. The van der Waals surface area contributed by atoms with Crippen molar-refractivity contribution in [2.24, 2.45) is 0 Å². The number of unbranched alkanes of at least 4 members (excludes halogenated alkanes) is 16. The average Bonchev–Trinajstić information content (AvgIpc) is 3.22. The van der Waals surface area contributed by atoms with E-state index < -0.39 is 18.2 Å². The Morgan fingerprint density at radius 3 is 1.38 bits per heavy atom. The maximum atomic E-state index is 13.1. The van der Waals surface area contributed by atoms with E-state index in [9.17, 15) is 19.8 Å². The van der Waals surface area contributed by atoms with E-state index in [-0.39, 0.29) is 31.3 Å². The predicted octanol–water partition coefficient (Wildman–Crippen LogP) is 13.6. The Kier molecular flexibility index (Phi) is 41.9. The molecule has 0 saturated heterocycles. The highest BCUT2D eigenvalue weighted by Crippen LogP contribution is 2.16. The Balaban J connectivity index is 4.74. The third kappa shape index (κ3) is 39.4. The first-order valence-corrected chi connectivity index (χ1v) is 23.2. The van der Waals surface area contributed by atoms with Gasteiger partial charge in [-0.15, -0.1) is 0 Å². The van der Waals surface area contributed by atoms with Crippen LogP contribution < -0.4 is 5.32 Å². The van der Waals surface area contributed by atoms with E-state index in [0.717, 1.165) is 51.4 Å². The molecule has 0 aromatic rings. The second-order valence-electron chi connectivity index (χ2n) is 15.3. The van der Waals surface area contributed by atoms with E-state index in [2.05, 4.69) is 44.3 Å². The first-order valence-electron chi connectivity index (χ1n) is 23.2. The molecule has 0 rings (SSSR count). The van der Waals surface area contributed by atoms with Crippen LogP contribution in [-0.4, -0.2) is 46.9 Å². The number of esters is 1. The van der Waals surface area contributed by atoms with Gasteiger partial charge in [-0.25, -0.2) is 0 Å². The van der Waals surface area contributed by atoms with Gasteiger partial charge in [0, 0.05) is 6.42 Å². The number of allylic oxidation sites excluding steroid dienone is 18. The second kappa shape index (κ2) is 44.6. The SMILES string of the molecule is CC/C=C/C=C/C=C\C=C/C=C/CCCC(=O)OC(CCC\C=C/C=C\C=C\C=C\CC)CC(=O)NC(CO)C(O)CCCCCCCCCCCCCCCCC. The average molecular weight is 804 g/mol. The lowest BCUT2D eigenvalue weighted by molar-refractivity contribution is -0.151.